The smallest absolute Gasteiger partial charge is 0.323 e. The molecule has 1 aromatic rings. The van der Waals surface area contributed by atoms with Gasteiger partial charge in [0, 0.05) is 5.54 Å². The first-order chi connectivity index (χ1) is 9.61. The van der Waals surface area contributed by atoms with E-state index in [-0.39, 0.29) is 18.4 Å². The lowest BCUT2D eigenvalue weighted by molar-refractivity contribution is -0.138. The average Bonchev–Trinajstić information content (AvgIpc) is 2.35. The van der Waals surface area contributed by atoms with E-state index in [0.717, 1.165) is 5.56 Å². The lowest BCUT2D eigenvalue weighted by atomic mass is 10.1. The quantitative estimate of drug-likeness (QED) is 0.897. The fraction of sp³-hybridized carbons (Fsp3) is 0.467. The van der Waals surface area contributed by atoms with Crippen LogP contribution in [0.2, 0.25) is 0 Å². The SMILES string of the molecule is CC(NC(=O)N(CC(=O)O)C(C)(C)C)c1ccc(F)cc1. The molecule has 0 aliphatic carbocycles. The van der Waals surface area contributed by atoms with Gasteiger partial charge in [-0.05, 0) is 45.4 Å². The summed E-state index contributed by atoms with van der Waals surface area (Å²) in [6.07, 6.45) is 0. The summed E-state index contributed by atoms with van der Waals surface area (Å²) < 4.78 is 12.9. The lowest BCUT2D eigenvalue weighted by Gasteiger charge is -2.35. The molecule has 1 atom stereocenters. The van der Waals surface area contributed by atoms with Crippen molar-refractivity contribution in [2.45, 2.75) is 39.3 Å². The third kappa shape index (κ3) is 5.06. The number of halogens is 1. The van der Waals surface area contributed by atoms with Gasteiger partial charge in [0.25, 0.3) is 0 Å². The van der Waals surface area contributed by atoms with Gasteiger partial charge in [-0.1, -0.05) is 12.1 Å². The van der Waals surface area contributed by atoms with Gasteiger partial charge >= 0.3 is 12.0 Å². The van der Waals surface area contributed by atoms with Crippen LogP contribution in [0.5, 0.6) is 0 Å². The first-order valence-corrected chi connectivity index (χ1v) is 6.66. The molecule has 0 saturated heterocycles. The van der Waals surface area contributed by atoms with E-state index in [1.54, 1.807) is 39.8 Å². The second-order valence-corrected chi connectivity index (χ2v) is 5.87. The minimum atomic E-state index is -1.07. The molecular formula is C15H21FN2O3. The van der Waals surface area contributed by atoms with Crippen LogP contribution in [0.25, 0.3) is 0 Å². The van der Waals surface area contributed by atoms with Crippen LogP contribution in [0.1, 0.15) is 39.3 Å². The Kier molecular flexibility index (Phi) is 5.29. The van der Waals surface area contributed by atoms with E-state index < -0.39 is 17.5 Å². The molecule has 1 aromatic carbocycles. The Labute approximate surface area is 123 Å². The van der Waals surface area contributed by atoms with Gasteiger partial charge in [-0.25, -0.2) is 9.18 Å². The molecule has 0 bridgehead atoms. The Balaban J connectivity index is 2.81. The van der Waals surface area contributed by atoms with E-state index in [1.165, 1.54) is 17.0 Å². The standard InChI is InChI=1S/C15H21FN2O3/c1-10(11-5-7-12(16)8-6-11)17-14(21)18(9-13(19)20)15(2,3)4/h5-8,10H,9H2,1-4H3,(H,17,21)(H,19,20). The van der Waals surface area contributed by atoms with E-state index in [0.29, 0.717) is 0 Å². The summed E-state index contributed by atoms with van der Waals surface area (Å²) in [4.78, 5) is 24.4. The summed E-state index contributed by atoms with van der Waals surface area (Å²) in [6.45, 7) is 6.66. The maximum atomic E-state index is 12.9. The topological polar surface area (TPSA) is 69.6 Å². The fourth-order valence-electron chi connectivity index (χ4n) is 1.85. The number of carbonyl (C=O) groups excluding carboxylic acids is 1. The van der Waals surface area contributed by atoms with Crippen molar-refractivity contribution in [3.05, 3.63) is 35.6 Å². The Morgan fingerprint density at radius 2 is 1.81 bits per heavy atom. The van der Waals surface area contributed by atoms with Crippen LogP contribution >= 0.6 is 0 Å². The third-order valence-corrected chi connectivity index (χ3v) is 3.06. The highest BCUT2D eigenvalue weighted by Crippen LogP contribution is 2.17. The van der Waals surface area contributed by atoms with Gasteiger partial charge in [0.1, 0.15) is 12.4 Å². The monoisotopic (exact) mass is 296 g/mol. The van der Waals surface area contributed by atoms with E-state index in [4.69, 9.17) is 5.11 Å². The summed E-state index contributed by atoms with van der Waals surface area (Å²) in [5.41, 5.74) is 0.124. The van der Waals surface area contributed by atoms with E-state index >= 15 is 0 Å². The predicted octanol–water partition coefficient (Wildman–Crippen LogP) is 2.78. The normalized spacial score (nSPS) is 12.6. The predicted molar refractivity (Wildman–Crippen MR) is 77.4 cm³/mol. The Morgan fingerprint density at radius 1 is 1.29 bits per heavy atom. The molecule has 0 aromatic heterocycles. The largest absolute Gasteiger partial charge is 0.480 e. The number of amides is 2. The van der Waals surface area contributed by atoms with Crippen molar-refractivity contribution in [2.24, 2.45) is 0 Å². The molecule has 2 amide bonds. The maximum Gasteiger partial charge on any atom is 0.323 e. The number of nitrogens with one attached hydrogen (secondary N) is 1. The molecule has 6 heteroatoms. The van der Waals surface area contributed by atoms with Crippen molar-refractivity contribution in [1.29, 1.82) is 0 Å². The zero-order chi connectivity index (χ0) is 16.2. The molecule has 0 spiro atoms. The molecule has 1 rings (SSSR count). The Bertz CT molecular complexity index is 509. The summed E-state index contributed by atoms with van der Waals surface area (Å²) >= 11 is 0. The molecule has 21 heavy (non-hydrogen) atoms. The number of hydrogen-bond acceptors (Lipinski definition) is 2. The molecule has 0 aliphatic rings. The molecule has 116 valence electrons. The molecule has 1 unspecified atom stereocenters. The van der Waals surface area contributed by atoms with E-state index in [1.807, 2.05) is 0 Å². The molecule has 5 nitrogen and oxygen atoms in total. The van der Waals surface area contributed by atoms with Crippen molar-refractivity contribution in [2.75, 3.05) is 6.54 Å². The van der Waals surface area contributed by atoms with Crippen molar-refractivity contribution < 1.29 is 19.1 Å². The number of carboxylic acid groups (broad SMARTS) is 1. The number of urea groups is 1. The van der Waals surface area contributed by atoms with Crippen LogP contribution in [0.4, 0.5) is 9.18 Å². The van der Waals surface area contributed by atoms with Crippen LogP contribution < -0.4 is 5.32 Å². The van der Waals surface area contributed by atoms with Crippen molar-refractivity contribution >= 4 is 12.0 Å². The molecule has 0 heterocycles. The number of hydrogen-bond donors (Lipinski definition) is 2. The number of carbonyl (C=O) groups is 2. The molecule has 0 fully saturated rings. The van der Waals surface area contributed by atoms with Crippen molar-refractivity contribution in [3.63, 3.8) is 0 Å². The number of rotatable bonds is 4. The Hall–Kier alpha value is -2.11. The summed E-state index contributed by atoms with van der Waals surface area (Å²) in [6, 6.07) is 4.98. The number of aliphatic carboxylic acids is 1. The van der Waals surface area contributed by atoms with Gasteiger partial charge in [-0.2, -0.15) is 0 Å². The minimum Gasteiger partial charge on any atom is -0.480 e. The number of benzene rings is 1. The highest BCUT2D eigenvalue weighted by Gasteiger charge is 2.29. The third-order valence-electron chi connectivity index (χ3n) is 3.06. The highest BCUT2D eigenvalue weighted by atomic mass is 19.1. The molecule has 0 radical (unpaired) electrons. The maximum absolute atomic E-state index is 12.9. The fourth-order valence-corrected chi connectivity index (χ4v) is 1.85. The number of carboxylic acids is 1. The van der Waals surface area contributed by atoms with Gasteiger partial charge in [0.2, 0.25) is 0 Å². The second-order valence-electron chi connectivity index (χ2n) is 5.87. The van der Waals surface area contributed by atoms with Gasteiger partial charge in [-0.3, -0.25) is 4.79 Å². The van der Waals surface area contributed by atoms with Crippen LogP contribution in [0, 0.1) is 5.82 Å². The zero-order valence-electron chi connectivity index (χ0n) is 12.7. The van der Waals surface area contributed by atoms with E-state index in [2.05, 4.69) is 5.32 Å². The summed E-state index contributed by atoms with van der Waals surface area (Å²) in [5.74, 6) is -1.42. The van der Waals surface area contributed by atoms with Crippen LogP contribution in [0.3, 0.4) is 0 Å². The zero-order valence-corrected chi connectivity index (χ0v) is 12.7. The van der Waals surface area contributed by atoms with E-state index in [9.17, 15) is 14.0 Å². The van der Waals surface area contributed by atoms with Crippen LogP contribution in [0.15, 0.2) is 24.3 Å². The summed E-state index contributed by atoms with van der Waals surface area (Å²) in [7, 11) is 0. The van der Waals surface area contributed by atoms with Crippen LogP contribution in [-0.4, -0.2) is 34.1 Å². The van der Waals surface area contributed by atoms with Crippen molar-refractivity contribution in [1.82, 2.24) is 10.2 Å². The second kappa shape index (κ2) is 6.56. The van der Waals surface area contributed by atoms with Gasteiger partial charge in [0.05, 0.1) is 6.04 Å². The van der Waals surface area contributed by atoms with Gasteiger partial charge in [-0.15, -0.1) is 0 Å². The van der Waals surface area contributed by atoms with Gasteiger partial charge in [0.15, 0.2) is 0 Å². The highest BCUT2D eigenvalue weighted by molar-refractivity contribution is 5.81. The Morgan fingerprint density at radius 3 is 2.24 bits per heavy atom. The number of nitrogens with zero attached hydrogens (tertiary/aromatic N) is 1. The molecule has 2 N–H and O–H groups in total. The first kappa shape index (κ1) is 16.9. The van der Waals surface area contributed by atoms with Gasteiger partial charge < -0.3 is 15.3 Å². The van der Waals surface area contributed by atoms with Crippen molar-refractivity contribution in [3.8, 4) is 0 Å². The molecular weight excluding hydrogens is 275 g/mol. The first-order valence-electron chi connectivity index (χ1n) is 6.66. The lowest BCUT2D eigenvalue weighted by Crippen LogP contribution is -2.52. The molecule has 0 saturated carbocycles. The summed E-state index contributed by atoms with van der Waals surface area (Å²) in [5, 5.41) is 11.6. The average molecular weight is 296 g/mol. The van der Waals surface area contributed by atoms with Crippen LogP contribution in [-0.2, 0) is 4.79 Å². The molecule has 0 aliphatic heterocycles. The minimum absolute atomic E-state index is 0.348.